The quantitative estimate of drug-likeness (QED) is 0.481. The first-order chi connectivity index (χ1) is 12.3. The highest BCUT2D eigenvalue weighted by atomic mass is 19.1. The van der Waals surface area contributed by atoms with Crippen LogP contribution in [0.25, 0.3) is 0 Å². The summed E-state index contributed by atoms with van der Waals surface area (Å²) in [6.45, 7) is 1.27. The summed E-state index contributed by atoms with van der Waals surface area (Å²) in [6, 6.07) is 9.03. The van der Waals surface area contributed by atoms with E-state index in [9.17, 15) is 24.1 Å². The molecule has 2 aromatic rings. The molecule has 0 aromatic heterocycles. The van der Waals surface area contributed by atoms with E-state index in [0.29, 0.717) is 0 Å². The van der Waals surface area contributed by atoms with Gasteiger partial charge < -0.3 is 14.8 Å². The number of ether oxygens (including phenoxy) is 2. The van der Waals surface area contributed by atoms with Crippen LogP contribution in [-0.4, -0.2) is 30.0 Å². The second-order valence-electron chi connectivity index (χ2n) is 5.16. The Balaban J connectivity index is 2.11. The molecule has 0 saturated heterocycles. The molecule has 0 radical (unpaired) electrons. The molecular formula is C17H15FN2O6. The second-order valence-corrected chi connectivity index (χ2v) is 5.16. The van der Waals surface area contributed by atoms with Gasteiger partial charge in [0.15, 0.2) is 6.10 Å². The van der Waals surface area contributed by atoms with Gasteiger partial charge in [-0.3, -0.25) is 14.9 Å². The maximum Gasteiger partial charge on any atom is 0.341 e. The fraction of sp³-hybridized carbons (Fsp3) is 0.176. The van der Waals surface area contributed by atoms with Crippen molar-refractivity contribution < 1.29 is 28.4 Å². The van der Waals surface area contributed by atoms with E-state index in [-0.39, 0.29) is 22.7 Å². The highest BCUT2D eigenvalue weighted by Gasteiger charge is 2.24. The highest BCUT2D eigenvalue weighted by molar-refractivity contribution is 5.98. The maximum absolute atomic E-state index is 13.6. The number of nitro groups is 1. The summed E-state index contributed by atoms with van der Waals surface area (Å²) >= 11 is 0. The number of esters is 1. The predicted molar refractivity (Wildman–Crippen MR) is 89.6 cm³/mol. The van der Waals surface area contributed by atoms with E-state index in [0.717, 1.165) is 12.1 Å². The Morgan fingerprint density at radius 1 is 1.23 bits per heavy atom. The number of nitrogens with zero attached hydrogens (tertiary/aromatic N) is 1. The number of amides is 1. The van der Waals surface area contributed by atoms with Crippen LogP contribution in [0.3, 0.4) is 0 Å². The van der Waals surface area contributed by atoms with Crippen molar-refractivity contribution in [2.24, 2.45) is 0 Å². The molecule has 0 unspecified atom stereocenters. The minimum atomic E-state index is -1.30. The van der Waals surface area contributed by atoms with Gasteiger partial charge in [-0.15, -0.1) is 0 Å². The van der Waals surface area contributed by atoms with Crippen LogP contribution in [0.2, 0.25) is 0 Å². The molecular weight excluding hydrogens is 347 g/mol. The number of hydrogen-bond donors (Lipinski definition) is 1. The molecule has 0 bridgehead atoms. The number of nitrogens with one attached hydrogen (secondary N) is 1. The number of benzene rings is 2. The van der Waals surface area contributed by atoms with Crippen molar-refractivity contribution in [3.05, 3.63) is 64.0 Å². The lowest BCUT2D eigenvalue weighted by molar-refractivity contribution is -0.384. The minimum absolute atomic E-state index is 0.0883. The monoisotopic (exact) mass is 362 g/mol. The van der Waals surface area contributed by atoms with Gasteiger partial charge in [-0.25, -0.2) is 9.18 Å². The summed E-state index contributed by atoms with van der Waals surface area (Å²) in [5.41, 5.74) is -0.789. The normalized spacial score (nSPS) is 11.3. The van der Waals surface area contributed by atoms with E-state index in [4.69, 9.17) is 9.47 Å². The molecule has 0 aliphatic heterocycles. The van der Waals surface area contributed by atoms with Crippen molar-refractivity contribution in [2.45, 2.75) is 13.0 Å². The van der Waals surface area contributed by atoms with Crippen LogP contribution in [0, 0.1) is 15.9 Å². The van der Waals surface area contributed by atoms with E-state index in [1.807, 2.05) is 0 Å². The molecule has 2 aromatic carbocycles. The van der Waals surface area contributed by atoms with Gasteiger partial charge in [0.05, 0.1) is 23.7 Å². The van der Waals surface area contributed by atoms with E-state index in [1.165, 1.54) is 44.4 Å². The van der Waals surface area contributed by atoms with Crippen LogP contribution in [0.1, 0.15) is 17.3 Å². The minimum Gasteiger partial charge on any atom is -0.496 e. The Morgan fingerprint density at radius 3 is 2.54 bits per heavy atom. The van der Waals surface area contributed by atoms with Gasteiger partial charge in [0, 0.05) is 0 Å². The van der Waals surface area contributed by atoms with Crippen molar-refractivity contribution in [3.8, 4) is 5.75 Å². The number of halogens is 1. The molecule has 26 heavy (non-hydrogen) atoms. The first-order valence-corrected chi connectivity index (χ1v) is 7.42. The smallest absolute Gasteiger partial charge is 0.341 e. The Kier molecular flexibility index (Phi) is 5.84. The highest BCUT2D eigenvalue weighted by Crippen LogP contribution is 2.29. The summed E-state index contributed by atoms with van der Waals surface area (Å²) in [7, 11) is 1.35. The lowest BCUT2D eigenvalue weighted by Gasteiger charge is -2.14. The van der Waals surface area contributed by atoms with Gasteiger partial charge in [-0.05, 0) is 31.2 Å². The van der Waals surface area contributed by atoms with Crippen molar-refractivity contribution in [3.63, 3.8) is 0 Å². The topological polar surface area (TPSA) is 108 Å². The number of rotatable bonds is 6. The molecule has 0 aliphatic carbocycles. The Bertz CT molecular complexity index is 855. The molecule has 0 aliphatic rings. The number of nitro benzene ring substituents is 1. The van der Waals surface area contributed by atoms with Crippen LogP contribution in [0.5, 0.6) is 5.75 Å². The molecule has 1 amide bonds. The number of hydrogen-bond acceptors (Lipinski definition) is 6. The summed E-state index contributed by atoms with van der Waals surface area (Å²) < 4.78 is 23.4. The average molecular weight is 362 g/mol. The first-order valence-electron chi connectivity index (χ1n) is 7.42. The van der Waals surface area contributed by atoms with E-state index < -0.39 is 28.7 Å². The summed E-state index contributed by atoms with van der Waals surface area (Å²) in [5.74, 6) is -2.36. The molecule has 8 nitrogen and oxygen atoms in total. The van der Waals surface area contributed by atoms with Gasteiger partial charge in [0.25, 0.3) is 11.6 Å². The molecule has 136 valence electrons. The number of carbonyl (C=O) groups is 2. The Hall–Kier alpha value is -3.49. The number of methoxy groups -OCH3 is 1. The van der Waals surface area contributed by atoms with E-state index in [1.54, 1.807) is 0 Å². The first kappa shape index (κ1) is 18.8. The van der Waals surface area contributed by atoms with Crippen LogP contribution < -0.4 is 10.1 Å². The zero-order valence-corrected chi connectivity index (χ0v) is 13.9. The number of carbonyl (C=O) groups excluding carboxylic acids is 2. The fourth-order valence-electron chi connectivity index (χ4n) is 2.03. The number of anilines is 1. The van der Waals surface area contributed by atoms with Crippen molar-refractivity contribution in [1.82, 2.24) is 0 Å². The van der Waals surface area contributed by atoms with Gasteiger partial charge in [0.1, 0.15) is 17.3 Å². The van der Waals surface area contributed by atoms with Crippen molar-refractivity contribution in [2.75, 3.05) is 12.4 Å². The predicted octanol–water partition coefficient (Wildman–Crippen LogP) is 2.93. The lowest BCUT2D eigenvalue weighted by atomic mass is 10.2. The van der Waals surface area contributed by atoms with Gasteiger partial charge in [-0.1, -0.05) is 12.1 Å². The fourth-order valence-corrected chi connectivity index (χ4v) is 2.03. The molecule has 0 saturated carbocycles. The Morgan fingerprint density at radius 2 is 1.92 bits per heavy atom. The zero-order valence-electron chi connectivity index (χ0n) is 13.9. The van der Waals surface area contributed by atoms with Crippen LogP contribution in [0.15, 0.2) is 42.5 Å². The largest absolute Gasteiger partial charge is 0.496 e. The van der Waals surface area contributed by atoms with Crippen LogP contribution in [0.4, 0.5) is 15.8 Å². The molecule has 2 rings (SSSR count). The molecule has 0 heterocycles. The van der Waals surface area contributed by atoms with E-state index >= 15 is 0 Å². The van der Waals surface area contributed by atoms with Crippen LogP contribution in [-0.2, 0) is 9.53 Å². The SMILES string of the molecule is COc1ccc(NC(=O)[C@H](C)OC(=O)c2ccccc2F)c([N+](=O)[O-])c1. The van der Waals surface area contributed by atoms with E-state index in [2.05, 4.69) is 5.32 Å². The van der Waals surface area contributed by atoms with Crippen LogP contribution >= 0.6 is 0 Å². The van der Waals surface area contributed by atoms with Gasteiger partial charge in [-0.2, -0.15) is 0 Å². The third kappa shape index (κ3) is 4.32. The standard InChI is InChI=1S/C17H15FN2O6/c1-10(26-17(22)12-5-3-4-6-13(12)18)16(21)19-14-8-7-11(25-2)9-15(14)20(23)24/h3-10H,1-2H3,(H,19,21)/t10-/m0/s1. The summed E-state index contributed by atoms with van der Waals surface area (Å²) in [5, 5.41) is 13.4. The molecule has 1 atom stereocenters. The molecule has 0 fully saturated rings. The zero-order chi connectivity index (χ0) is 19.3. The van der Waals surface area contributed by atoms with Crippen molar-refractivity contribution >= 4 is 23.3 Å². The third-order valence-electron chi connectivity index (χ3n) is 3.41. The van der Waals surface area contributed by atoms with Gasteiger partial charge in [0.2, 0.25) is 0 Å². The Labute approximate surface area is 147 Å². The second kappa shape index (κ2) is 8.06. The maximum atomic E-state index is 13.6. The van der Waals surface area contributed by atoms with Crippen molar-refractivity contribution in [1.29, 1.82) is 0 Å². The third-order valence-corrected chi connectivity index (χ3v) is 3.41. The summed E-state index contributed by atoms with van der Waals surface area (Å²) in [6.07, 6.45) is -1.30. The summed E-state index contributed by atoms with van der Waals surface area (Å²) in [4.78, 5) is 34.5. The average Bonchev–Trinajstić information content (AvgIpc) is 2.61. The van der Waals surface area contributed by atoms with Gasteiger partial charge >= 0.3 is 5.97 Å². The molecule has 1 N–H and O–H groups in total. The molecule has 0 spiro atoms. The lowest BCUT2D eigenvalue weighted by Crippen LogP contribution is -2.30. The molecule has 9 heteroatoms.